The van der Waals surface area contributed by atoms with Crippen LogP contribution in [0.1, 0.15) is 53.9 Å². The SMILES string of the molecule is Cc1nn2c(O)c(C(=O)NC3CC3)c(=O)n(CC(C)C)c2c1C=CC(=O)N1CCc2ccncc21. The predicted octanol–water partition coefficient (Wildman–Crippen LogP) is 2.06. The van der Waals surface area contributed by atoms with E-state index in [1.54, 1.807) is 30.3 Å². The molecule has 0 spiro atoms. The molecule has 1 fully saturated rings. The van der Waals surface area contributed by atoms with Crippen molar-refractivity contribution in [1.29, 1.82) is 0 Å². The van der Waals surface area contributed by atoms with Gasteiger partial charge < -0.3 is 15.3 Å². The van der Waals surface area contributed by atoms with Crippen LogP contribution in [0, 0.1) is 12.8 Å². The first-order valence-corrected chi connectivity index (χ1v) is 11.8. The van der Waals surface area contributed by atoms with Crippen LogP contribution in [0.5, 0.6) is 5.88 Å². The summed E-state index contributed by atoms with van der Waals surface area (Å²) in [6.07, 6.45) is 8.94. The van der Waals surface area contributed by atoms with Crippen LogP contribution in [0.15, 0.2) is 29.3 Å². The highest BCUT2D eigenvalue weighted by Gasteiger charge is 2.30. The van der Waals surface area contributed by atoms with Crippen LogP contribution in [0.4, 0.5) is 5.69 Å². The molecule has 0 saturated heterocycles. The highest BCUT2D eigenvalue weighted by molar-refractivity contribution is 6.05. The lowest BCUT2D eigenvalue weighted by Gasteiger charge is -2.16. The largest absolute Gasteiger partial charge is 0.492 e. The second-order valence-corrected chi connectivity index (χ2v) is 9.57. The molecule has 10 nitrogen and oxygen atoms in total. The molecule has 0 atom stereocenters. The van der Waals surface area contributed by atoms with E-state index >= 15 is 0 Å². The minimum absolute atomic E-state index is 0.0327. The first-order chi connectivity index (χ1) is 16.8. The van der Waals surface area contributed by atoms with Crippen molar-refractivity contribution in [3.05, 3.63) is 57.3 Å². The third kappa shape index (κ3) is 4.09. The number of fused-ring (bicyclic) bond motifs is 2. The maximum Gasteiger partial charge on any atom is 0.270 e. The molecule has 1 aliphatic carbocycles. The Balaban J connectivity index is 1.58. The van der Waals surface area contributed by atoms with E-state index in [2.05, 4.69) is 15.4 Å². The van der Waals surface area contributed by atoms with Crippen LogP contribution in [0.25, 0.3) is 11.7 Å². The van der Waals surface area contributed by atoms with Gasteiger partial charge in [0.25, 0.3) is 17.4 Å². The molecule has 0 bridgehead atoms. The number of amides is 2. The van der Waals surface area contributed by atoms with E-state index in [4.69, 9.17) is 0 Å². The quantitative estimate of drug-likeness (QED) is 0.525. The maximum absolute atomic E-state index is 13.4. The van der Waals surface area contributed by atoms with E-state index in [0.717, 1.165) is 30.5 Å². The highest BCUT2D eigenvalue weighted by atomic mass is 16.3. The number of nitrogens with zero attached hydrogens (tertiary/aromatic N) is 5. The van der Waals surface area contributed by atoms with Crippen molar-refractivity contribution in [2.24, 2.45) is 5.92 Å². The van der Waals surface area contributed by atoms with Crippen LogP contribution in [0.2, 0.25) is 0 Å². The first kappa shape index (κ1) is 22.8. The number of carbonyl (C=O) groups excluding carboxylic acids is 2. The van der Waals surface area contributed by atoms with Gasteiger partial charge in [-0.05, 0) is 49.8 Å². The highest BCUT2D eigenvalue weighted by Crippen LogP contribution is 2.28. The molecule has 2 N–H and O–H groups in total. The molecular formula is C25H28N6O4. The fraction of sp³-hybridized carbons (Fsp3) is 0.400. The van der Waals surface area contributed by atoms with E-state index in [1.807, 2.05) is 19.9 Å². The summed E-state index contributed by atoms with van der Waals surface area (Å²) in [6.45, 7) is 6.54. The molecule has 0 unspecified atom stereocenters. The van der Waals surface area contributed by atoms with Crippen LogP contribution >= 0.6 is 0 Å². The van der Waals surface area contributed by atoms with Gasteiger partial charge in [-0.2, -0.15) is 9.61 Å². The Morgan fingerprint density at radius 1 is 1.31 bits per heavy atom. The molecule has 0 aromatic carbocycles. The summed E-state index contributed by atoms with van der Waals surface area (Å²) in [7, 11) is 0. The van der Waals surface area contributed by atoms with Gasteiger partial charge in [-0.3, -0.25) is 23.9 Å². The lowest BCUT2D eigenvalue weighted by atomic mass is 10.1. The number of carbonyl (C=O) groups is 2. The normalized spacial score (nSPS) is 15.4. The van der Waals surface area contributed by atoms with Gasteiger partial charge in [-0.25, -0.2) is 0 Å². The van der Waals surface area contributed by atoms with Gasteiger partial charge in [0.15, 0.2) is 5.56 Å². The smallest absolute Gasteiger partial charge is 0.270 e. The summed E-state index contributed by atoms with van der Waals surface area (Å²) in [4.78, 5) is 45.0. The molecule has 0 radical (unpaired) electrons. The fourth-order valence-corrected chi connectivity index (χ4v) is 4.48. The summed E-state index contributed by atoms with van der Waals surface area (Å²) < 4.78 is 2.69. The second kappa shape index (κ2) is 8.68. The van der Waals surface area contributed by atoms with Crippen LogP contribution < -0.4 is 15.8 Å². The van der Waals surface area contributed by atoms with Crippen LogP contribution in [-0.2, 0) is 17.8 Å². The Bertz CT molecular complexity index is 1430. The molecular weight excluding hydrogens is 448 g/mol. The standard InChI is InChI=1S/C25H28N6O4/c1-14(2)13-30-23-18(6-7-20(32)29-11-9-16-8-10-26-12-19(16)29)15(3)28-31(23)25(35)21(24(30)34)22(33)27-17-4-5-17/h6-8,10,12,14,17,35H,4-5,9,11,13H2,1-3H3,(H,27,33). The van der Waals surface area contributed by atoms with E-state index in [1.165, 1.54) is 15.2 Å². The molecule has 3 aromatic rings. The molecule has 3 aromatic heterocycles. The Morgan fingerprint density at radius 3 is 2.80 bits per heavy atom. The molecule has 1 saturated carbocycles. The molecule has 35 heavy (non-hydrogen) atoms. The molecule has 2 amide bonds. The third-order valence-corrected chi connectivity index (χ3v) is 6.35. The molecule has 182 valence electrons. The number of hydrogen-bond donors (Lipinski definition) is 2. The minimum atomic E-state index is -0.601. The number of hydrogen-bond acceptors (Lipinski definition) is 6. The monoisotopic (exact) mass is 476 g/mol. The number of aromatic nitrogens is 4. The number of anilines is 1. The van der Waals surface area contributed by atoms with Crippen LogP contribution in [-0.4, -0.2) is 48.7 Å². The maximum atomic E-state index is 13.4. The average molecular weight is 477 g/mol. The summed E-state index contributed by atoms with van der Waals surface area (Å²) in [5, 5.41) is 18.1. The van der Waals surface area contributed by atoms with Crippen molar-refractivity contribution in [3.8, 4) is 5.88 Å². The van der Waals surface area contributed by atoms with Crippen molar-refractivity contribution >= 4 is 29.2 Å². The van der Waals surface area contributed by atoms with Crippen molar-refractivity contribution in [1.82, 2.24) is 24.5 Å². The molecule has 2 aliphatic rings. The summed E-state index contributed by atoms with van der Waals surface area (Å²) in [5.41, 5.74) is 2.36. The summed E-state index contributed by atoms with van der Waals surface area (Å²) in [6, 6.07) is 1.94. The van der Waals surface area contributed by atoms with Gasteiger partial charge in [0.2, 0.25) is 5.88 Å². The minimum Gasteiger partial charge on any atom is -0.492 e. The van der Waals surface area contributed by atoms with Gasteiger partial charge in [0, 0.05) is 37.0 Å². The Morgan fingerprint density at radius 2 is 2.09 bits per heavy atom. The first-order valence-electron chi connectivity index (χ1n) is 11.8. The van der Waals surface area contributed by atoms with E-state index in [0.29, 0.717) is 30.0 Å². The van der Waals surface area contributed by atoms with E-state index < -0.39 is 17.3 Å². The van der Waals surface area contributed by atoms with Crippen molar-refractivity contribution in [2.75, 3.05) is 11.4 Å². The van der Waals surface area contributed by atoms with Gasteiger partial charge >= 0.3 is 0 Å². The lowest BCUT2D eigenvalue weighted by molar-refractivity contribution is -0.114. The van der Waals surface area contributed by atoms with Gasteiger partial charge in [0.1, 0.15) is 5.65 Å². The van der Waals surface area contributed by atoms with Gasteiger partial charge in [-0.15, -0.1) is 0 Å². The zero-order chi connectivity index (χ0) is 24.9. The number of pyridine rings is 1. The summed E-state index contributed by atoms with van der Waals surface area (Å²) in [5.74, 6) is -1.23. The van der Waals surface area contributed by atoms with Crippen LogP contribution in [0.3, 0.4) is 0 Å². The Labute approximate surface area is 201 Å². The Hall–Kier alpha value is -3.95. The molecule has 4 heterocycles. The number of nitrogens with one attached hydrogen (secondary N) is 1. The molecule has 5 rings (SSSR count). The fourth-order valence-electron chi connectivity index (χ4n) is 4.48. The zero-order valence-electron chi connectivity index (χ0n) is 20.0. The average Bonchev–Trinajstić information content (AvgIpc) is 3.41. The second-order valence-electron chi connectivity index (χ2n) is 9.57. The van der Waals surface area contributed by atoms with Gasteiger partial charge in [-0.1, -0.05) is 13.8 Å². The number of aromatic hydroxyl groups is 1. The molecule has 1 aliphatic heterocycles. The third-order valence-electron chi connectivity index (χ3n) is 6.35. The van der Waals surface area contributed by atoms with Crippen molar-refractivity contribution in [2.45, 2.75) is 52.6 Å². The lowest BCUT2D eigenvalue weighted by Crippen LogP contribution is -2.36. The topological polar surface area (TPSA) is 122 Å². The van der Waals surface area contributed by atoms with E-state index in [9.17, 15) is 19.5 Å². The van der Waals surface area contributed by atoms with Crippen molar-refractivity contribution in [3.63, 3.8) is 0 Å². The summed E-state index contributed by atoms with van der Waals surface area (Å²) >= 11 is 0. The molecule has 10 heteroatoms. The number of aryl methyl sites for hydroxylation is 1. The van der Waals surface area contributed by atoms with E-state index in [-0.39, 0.29) is 23.4 Å². The number of rotatable bonds is 6. The zero-order valence-corrected chi connectivity index (χ0v) is 20.0. The predicted molar refractivity (Wildman–Crippen MR) is 131 cm³/mol. The van der Waals surface area contributed by atoms with Gasteiger partial charge in [0.05, 0.1) is 17.6 Å². The van der Waals surface area contributed by atoms with Crippen molar-refractivity contribution < 1.29 is 14.7 Å². The Kier molecular flexibility index (Phi) is 5.66.